The average Bonchev–Trinajstić information content (AvgIpc) is 3.09. The van der Waals surface area contributed by atoms with Gasteiger partial charge in [0.15, 0.2) is 5.69 Å². The van der Waals surface area contributed by atoms with Crippen molar-refractivity contribution in [2.24, 2.45) is 0 Å². The van der Waals surface area contributed by atoms with Gasteiger partial charge in [-0.1, -0.05) is 30.1 Å². The average molecular weight is 431 g/mol. The highest BCUT2D eigenvalue weighted by molar-refractivity contribution is 6.41. The predicted molar refractivity (Wildman–Crippen MR) is 102 cm³/mol. The van der Waals surface area contributed by atoms with Gasteiger partial charge in [-0.25, -0.2) is 4.68 Å². The molecule has 28 heavy (non-hydrogen) atoms. The molecule has 0 aliphatic heterocycles. The molecule has 2 heterocycles. The van der Waals surface area contributed by atoms with Crippen LogP contribution in [0.4, 0.5) is 13.2 Å². The first-order valence-electron chi connectivity index (χ1n) is 8.26. The summed E-state index contributed by atoms with van der Waals surface area (Å²) in [4.78, 5) is 12.2. The molecule has 0 atom stereocenters. The van der Waals surface area contributed by atoms with Crippen LogP contribution in [0.15, 0.2) is 47.5 Å². The Morgan fingerprint density at radius 2 is 1.75 bits per heavy atom. The fraction of sp³-hybridized carbons (Fsp3) is 0.222. The summed E-state index contributed by atoms with van der Waals surface area (Å²) in [7, 11) is 0. The van der Waals surface area contributed by atoms with E-state index in [2.05, 4.69) is 10.4 Å². The van der Waals surface area contributed by atoms with Gasteiger partial charge in [-0.2, -0.15) is 18.3 Å². The summed E-state index contributed by atoms with van der Waals surface area (Å²) >= 11 is 11.7. The number of alkyl halides is 3. The van der Waals surface area contributed by atoms with Crippen LogP contribution in [-0.4, -0.2) is 20.9 Å². The van der Waals surface area contributed by atoms with Crippen LogP contribution in [-0.2, 0) is 12.7 Å². The normalized spacial score (nSPS) is 11.8. The van der Waals surface area contributed by atoms with E-state index in [0.717, 1.165) is 4.68 Å². The Kier molecular flexibility index (Phi) is 5.83. The summed E-state index contributed by atoms with van der Waals surface area (Å²) in [5.41, 5.74) is -0.662. The lowest BCUT2D eigenvalue weighted by Crippen LogP contribution is -2.19. The predicted octanol–water partition coefficient (Wildman–Crippen LogP) is 4.46. The zero-order chi connectivity index (χ0) is 20.5. The van der Waals surface area contributed by atoms with Gasteiger partial charge in [0.25, 0.3) is 5.56 Å². The van der Waals surface area contributed by atoms with Crippen LogP contribution in [0.3, 0.4) is 0 Å². The lowest BCUT2D eigenvalue weighted by Gasteiger charge is -2.14. The number of nitrogens with zero attached hydrogens (tertiary/aromatic N) is 3. The molecule has 3 aromatic rings. The number of nitrogens with one attached hydrogen (secondary N) is 1. The number of halogens is 5. The molecule has 0 spiro atoms. The molecule has 0 aliphatic rings. The van der Waals surface area contributed by atoms with Crippen molar-refractivity contribution in [3.8, 4) is 11.4 Å². The van der Waals surface area contributed by atoms with Crippen molar-refractivity contribution >= 4 is 23.2 Å². The van der Waals surface area contributed by atoms with Crippen molar-refractivity contribution in [1.82, 2.24) is 19.7 Å². The number of pyridine rings is 1. The van der Waals surface area contributed by atoms with E-state index in [0.29, 0.717) is 12.2 Å². The molecular formula is C18H15Cl2F3N4O. The van der Waals surface area contributed by atoms with E-state index in [4.69, 9.17) is 23.2 Å². The molecular weight excluding hydrogens is 416 g/mol. The molecule has 0 saturated heterocycles. The largest absolute Gasteiger partial charge is 0.433 e. The Labute approximate surface area is 168 Å². The third-order valence-electron chi connectivity index (χ3n) is 4.04. The zero-order valence-corrected chi connectivity index (χ0v) is 16.1. The van der Waals surface area contributed by atoms with Crippen molar-refractivity contribution in [2.75, 3.05) is 6.54 Å². The van der Waals surface area contributed by atoms with E-state index in [9.17, 15) is 18.0 Å². The minimum Gasteiger partial charge on any atom is -0.313 e. The highest BCUT2D eigenvalue weighted by atomic mass is 35.5. The van der Waals surface area contributed by atoms with E-state index in [1.807, 2.05) is 0 Å². The monoisotopic (exact) mass is 430 g/mol. The molecule has 1 N–H and O–H groups in total. The first-order chi connectivity index (χ1) is 13.2. The van der Waals surface area contributed by atoms with Gasteiger partial charge in [0.2, 0.25) is 0 Å². The van der Waals surface area contributed by atoms with Crippen LogP contribution < -0.4 is 10.9 Å². The van der Waals surface area contributed by atoms with Crippen LogP contribution in [0.25, 0.3) is 11.4 Å². The summed E-state index contributed by atoms with van der Waals surface area (Å²) in [5.74, 6) is 0. The van der Waals surface area contributed by atoms with Gasteiger partial charge in [-0.15, -0.1) is 0 Å². The molecule has 3 rings (SSSR count). The van der Waals surface area contributed by atoms with Crippen LogP contribution in [0.1, 0.15) is 18.2 Å². The molecule has 1 aromatic carbocycles. The number of hydrogen-bond donors (Lipinski definition) is 1. The van der Waals surface area contributed by atoms with Crippen LogP contribution in [0.5, 0.6) is 0 Å². The molecule has 0 aliphatic carbocycles. The van der Waals surface area contributed by atoms with Gasteiger partial charge in [0.05, 0.1) is 16.9 Å². The summed E-state index contributed by atoms with van der Waals surface area (Å²) in [6, 6.07) is 7.37. The topological polar surface area (TPSA) is 51.9 Å². The van der Waals surface area contributed by atoms with Gasteiger partial charge in [0.1, 0.15) is 5.02 Å². The lowest BCUT2D eigenvalue weighted by atomic mass is 10.2. The second-order valence-corrected chi connectivity index (χ2v) is 6.66. The van der Waals surface area contributed by atoms with Crippen molar-refractivity contribution in [2.45, 2.75) is 19.6 Å². The second kappa shape index (κ2) is 7.98. The summed E-state index contributed by atoms with van der Waals surface area (Å²) in [6.07, 6.45) is -1.93. The van der Waals surface area contributed by atoms with E-state index < -0.39 is 17.4 Å². The van der Waals surface area contributed by atoms with Crippen LogP contribution in [0.2, 0.25) is 10.0 Å². The van der Waals surface area contributed by atoms with Gasteiger partial charge < -0.3 is 5.32 Å². The second-order valence-electron chi connectivity index (χ2n) is 5.88. The molecule has 148 valence electrons. The van der Waals surface area contributed by atoms with Crippen molar-refractivity contribution < 1.29 is 13.2 Å². The van der Waals surface area contributed by atoms with Crippen LogP contribution >= 0.6 is 23.2 Å². The van der Waals surface area contributed by atoms with Gasteiger partial charge in [-0.05, 0) is 36.9 Å². The maximum Gasteiger partial charge on any atom is 0.433 e. The molecule has 10 heteroatoms. The zero-order valence-electron chi connectivity index (χ0n) is 14.6. The number of rotatable bonds is 5. The van der Waals surface area contributed by atoms with Gasteiger partial charge in [0, 0.05) is 24.0 Å². The maximum atomic E-state index is 13.6. The van der Waals surface area contributed by atoms with Gasteiger partial charge in [-0.3, -0.25) is 9.36 Å². The summed E-state index contributed by atoms with van der Waals surface area (Å²) < 4.78 is 42.8. The van der Waals surface area contributed by atoms with Crippen molar-refractivity contribution in [1.29, 1.82) is 0 Å². The SMILES string of the molecule is CCNCc1cnn(-c2ccc(-n3ccc(Cl)c(Cl)c3=O)cc2)c1C(F)(F)F. The fourth-order valence-electron chi connectivity index (χ4n) is 2.72. The summed E-state index contributed by atoms with van der Waals surface area (Å²) in [5, 5.41) is 6.77. The Balaban J connectivity index is 2.02. The number of aromatic nitrogens is 3. The van der Waals surface area contributed by atoms with E-state index >= 15 is 0 Å². The van der Waals surface area contributed by atoms with E-state index in [-0.39, 0.29) is 27.8 Å². The Hall–Kier alpha value is -2.29. The fourth-order valence-corrected chi connectivity index (χ4v) is 3.01. The first-order valence-corrected chi connectivity index (χ1v) is 9.02. The number of hydrogen-bond acceptors (Lipinski definition) is 3. The molecule has 0 fully saturated rings. The molecule has 0 unspecified atom stereocenters. The molecule has 5 nitrogen and oxygen atoms in total. The molecule has 2 aromatic heterocycles. The van der Waals surface area contributed by atoms with E-state index in [1.165, 1.54) is 47.3 Å². The third kappa shape index (κ3) is 3.94. The number of benzene rings is 1. The van der Waals surface area contributed by atoms with E-state index in [1.54, 1.807) is 6.92 Å². The molecule has 0 amide bonds. The lowest BCUT2D eigenvalue weighted by molar-refractivity contribution is -0.143. The minimum absolute atomic E-state index is 0.0547. The first kappa shape index (κ1) is 20.4. The standard InChI is InChI=1S/C18H15Cl2F3N4O/c1-2-24-9-11-10-25-27(16(11)18(21,22)23)13-5-3-12(4-6-13)26-8-7-14(19)15(20)17(26)28/h3-8,10,24H,2,9H2,1H3. The highest BCUT2D eigenvalue weighted by Gasteiger charge is 2.38. The van der Waals surface area contributed by atoms with Crippen LogP contribution in [0, 0.1) is 0 Å². The Morgan fingerprint density at radius 1 is 1.11 bits per heavy atom. The highest BCUT2D eigenvalue weighted by Crippen LogP contribution is 2.33. The van der Waals surface area contributed by atoms with Crippen molar-refractivity contribution in [3.05, 3.63) is 74.4 Å². The molecule has 0 radical (unpaired) electrons. The Bertz CT molecular complexity index is 1040. The Morgan fingerprint density at radius 3 is 2.36 bits per heavy atom. The quantitative estimate of drug-likeness (QED) is 0.649. The molecule has 0 bridgehead atoms. The minimum atomic E-state index is -4.57. The van der Waals surface area contributed by atoms with Crippen molar-refractivity contribution in [3.63, 3.8) is 0 Å². The third-order valence-corrected chi connectivity index (χ3v) is 4.81. The summed E-state index contributed by atoms with van der Waals surface area (Å²) in [6.45, 7) is 2.40. The van der Waals surface area contributed by atoms with Gasteiger partial charge >= 0.3 is 6.18 Å². The smallest absolute Gasteiger partial charge is 0.313 e. The maximum absolute atomic E-state index is 13.6. The molecule has 0 saturated carbocycles.